The van der Waals surface area contributed by atoms with Gasteiger partial charge in [0.25, 0.3) is 0 Å². The Bertz CT molecular complexity index is 424. The van der Waals surface area contributed by atoms with Gasteiger partial charge in [0.1, 0.15) is 5.76 Å². The highest BCUT2D eigenvalue weighted by atomic mass is 16.4. The third-order valence-electron chi connectivity index (χ3n) is 2.65. The molecule has 1 aliphatic carbocycles. The molecule has 2 rings (SSSR count). The fraction of sp³-hybridized carbons (Fsp3) is 0.556. The van der Waals surface area contributed by atoms with Gasteiger partial charge in [-0.15, -0.1) is 0 Å². The first kappa shape index (κ1) is 9.05. The van der Waals surface area contributed by atoms with Gasteiger partial charge in [0.2, 0.25) is 0 Å². The summed E-state index contributed by atoms with van der Waals surface area (Å²) in [6.07, 6.45) is 1.59. The van der Waals surface area contributed by atoms with Gasteiger partial charge in [-0.3, -0.25) is 9.78 Å². The molecule has 1 saturated carbocycles. The van der Waals surface area contributed by atoms with E-state index in [-0.39, 0.29) is 6.42 Å². The molecule has 0 saturated heterocycles. The van der Waals surface area contributed by atoms with Crippen LogP contribution in [0, 0.1) is 6.92 Å². The van der Waals surface area contributed by atoms with Gasteiger partial charge in [0.05, 0.1) is 12.1 Å². The van der Waals surface area contributed by atoms with Crippen LogP contribution in [0.4, 0.5) is 0 Å². The molecule has 0 amide bonds. The molecule has 0 aromatic carbocycles. The molecule has 5 nitrogen and oxygen atoms in total. The monoisotopic (exact) mass is 197 g/mol. The second-order valence-electron chi connectivity index (χ2n) is 3.82. The van der Waals surface area contributed by atoms with Crippen molar-refractivity contribution >= 4 is 5.97 Å². The largest absolute Gasteiger partial charge is 0.481 e. The fourth-order valence-electron chi connectivity index (χ4n) is 1.84. The number of oxazole rings is 1. The third kappa shape index (κ3) is 1.34. The van der Waals surface area contributed by atoms with Crippen LogP contribution in [0.3, 0.4) is 0 Å². The first-order chi connectivity index (χ1) is 6.53. The Morgan fingerprint density at radius 2 is 2.29 bits per heavy atom. The van der Waals surface area contributed by atoms with Crippen LogP contribution >= 0.6 is 0 Å². The molecule has 0 radical (unpaired) electrons. The van der Waals surface area contributed by atoms with Crippen LogP contribution in [0.1, 0.15) is 30.7 Å². The molecule has 1 aliphatic rings. The SMILES string of the molecule is Cc1[nH]c(=O)oc1C1(CC(=O)O)CC1. The van der Waals surface area contributed by atoms with E-state index in [1.807, 2.05) is 0 Å². The third-order valence-corrected chi connectivity index (χ3v) is 2.65. The van der Waals surface area contributed by atoms with E-state index in [2.05, 4.69) is 4.98 Å². The average Bonchev–Trinajstić information content (AvgIpc) is 2.72. The number of carboxylic acid groups (broad SMARTS) is 1. The number of carboxylic acids is 1. The van der Waals surface area contributed by atoms with E-state index in [0.29, 0.717) is 11.5 Å². The van der Waals surface area contributed by atoms with E-state index in [1.54, 1.807) is 6.92 Å². The minimum Gasteiger partial charge on any atom is -0.481 e. The maximum Gasteiger partial charge on any atom is 0.416 e. The Morgan fingerprint density at radius 3 is 2.64 bits per heavy atom. The number of rotatable bonds is 3. The van der Waals surface area contributed by atoms with E-state index >= 15 is 0 Å². The summed E-state index contributed by atoms with van der Waals surface area (Å²) in [5.41, 5.74) is 0.225. The minimum absolute atomic E-state index is 0.0363. The summed E-state index contributed by atoms with van der Waals surface area (Å²) in [6.45, 7) is 1.72. The molecular formula is C9H11NO4. The van der Waals surface area contributed by atoms with Gasteiger partial charge < -0.3 is 9.52 Å². The van der Waals surface area contributed by atoms with E-state index in [0.717, 1.165) is 12.8 Å². The lowest BCUT2D eigenvalue weighted by molar-refractivity contribution is -0.137. The van der Waals surface area contributed by atoms with E-state index in [9.17, 15) is 9.59 Å². The van der Waals surface area contributed by atoms with Crippen molar-refractivity contribution in [3.05, 3.63) is 22.0 Å². The lowest BCUT2D eigenvalue weighted by atomic mass is 9.98. The molecule has 1 fully saturated rings. The van der Waals surface area contributed by atoms with Crippen LogP contribution in [0.5, 0.6) is 0 Å². The molecule has 1 heterocycles. The zero-order valence-corrected chi connectivity index (χ0v) is 7.79. The Balaban J connectivity index is 2.34. The van der Waals surface area contributed by atoms with Gasteiger partial charge in [-0.25, -0.2) is 4.79 Å². The highest BCUT2D eigenvalue weighted by molar-refractivity contribution is 5.69. The molecule has 0 atom stereocenters. The summed E-state index contributed by atoms with van der Waals surface area (Å²) in [7, 11) is 0. The summed E-state index contributed by atoms with van der Waals surface area (Å²) in [4.78, 5) is 24.0. The maximum atomic E-state index is 10.9. The minimum atomic E-state index is -0.856. The number of aliphatic carboxylic acids is 1. The van der Waals surface area contributed by atoms with E-state index < -0.39 is 17.1 Å². The number of aromatic amines is 1. The average molecular weight is 197 g/mol. The van der Waals surface area contributed by atoms with Gasteiger partial charge in [0.15, 0.2) is 0 Å². The number of nitrogens with one attached hydrogen (secondary N) is 1. The van der Waals surface area contributed by atoms with E-state index in [1.165, 1.54) is 0 Å². The Kier molecular flexibility index (Phi) is 1.77. The second-order valence-corrected chi connectivity index (χ2v) is 3.82. The van der Waals surface area contributed by atoms with Gasteiger partial charge >= 0.3 is 11.7 Å². The van der Waals surface area contributed by atoms with E-state index in [4.69, 9.17) is 9.52 Å². The molecule has 76 valence electrons. The number of aromatic nitrogens is 1. The van der Waals surface area contributed by atoms with Crippen molar-refractivity contribution in [2.75, 3.05) is 0 Å². The lowest BCUT2D eigenvalue weighted by Gasteiger charge is -2.08. The quantitative estimate of drug-likeness (QED) is 0.750. The van der Waals surface area contributed by atoms with Crippen LogP contribution in [0.15, 0.2) is 9.21 Å². The van der Waals surface area contributed by atoms with Crippen LogP contribution in [0.2, 0.25) is 0 Å². The standard InChI is InChI=1S/C9H11NO4/c1-5-7(14-8(13)10-5)9(2-3-9)4-6(11)12/h2-4H2,1H3,(H,10,13)(H,11,12). The van der Waals surface area contributed by atoms with Crippen molar-refractivity contribution in [2.24, 2.45) is 0 Å². The van der Waals surface area contributed by atoms with Gasteiger partial charge in [0, 0.05) is 5.41 Å². The highest BCUT2D eigenvalue weighted by Crippen LogP contribution is 2.51. The Hall–Kier alpha value is -1.52. The van der Waals surface area contributed by atoms with Crippen molar-refractivity contribution in [1.82, 2.24) is 4.98 Å². The fourth-order valence-corrected chi connectivity index (χ4v) is 1.84. The molecule has 1 aromatic rings. The van der Waals surface area contributed by atoms with Crippen LogP contribution in [-0.4, -0.2) is 16.1 Å². The summed E-state index contributed by atoms with van der Waals surface area (Å²) >= 11 is 0. The van der Waals surface area contributed by atoms with Crippen molar-refractivity contribution in [1.29, 1.82) is 0 Å². The van der Waals surface area contributed by atoms with Crippen LogP contribution in [0.25, 0.3) is 0 Å². The zero-order chi connectivity index (χ0) is 10.3. The lowest BCUT2D eigenvalue weighted by Crippen LogP contribution is -2.13. The van der Waals surface area contributed by atoms with Gasteiger partial charge in [-0.1, -0.05) is 0 Å². The number of H-pyrrole nitrogens is 1. The molecule has 5 heteroatoms. The Labute approximate surface area is 79.7 Å². The summed E-state index contributed by atoms with van der Waals surface area (Å²) in [6, 6.07) is 0. The molecule has 1 aromatic heterocycles. The van der Waals surface area contributed by atoms with Gasteiger partial charge in [-0.05, 0) is 19.8 Å². The predicted octanol–water partition coefficient (Wildman–Crippen LogP) is 0.783. The predicted molar refractivity (Wildman–Crippen MR) is 47.2 cm³/mol. The summed E-state index contributed by atoms with van der Waals surface area (Å²) < 4.78 is 4.97. The summed E-state index contributed by atoms with van der Waals surface area (Å²) in [5.74, 6) is -0.843. The number of carbonyl (C=O) groups is 1. The number of hydrogen-bond donors (Lipinski definition) is 2. The maximum absolute atomic E-state index is 10.9. The molecule has 0 unspecified atom stereocenters. The summed E-state index contributed by atoms with van der Waals surface area (Å²) in [5, 5.41) is 8.72. The Morgan fingerprint density at radius 1 is 1.64 bits per heavy atom. The number of hydrogen-bond acceptors (Lipinski definition) is 3. The van der Waals surface area contributed by atoms with Crippen molar-refractivity contribution in [3.8, 4) is 0 Å². The van der Waals surface area contributed by atoms with Gasteiger partial charge in [-0.2, -0.15) is 0 Å². The molecule has 0 bridgehead atoms. The molecular weight excluding hydrogens is 186 g/mol. The smallest absolute Gasteiger partial charge is 0.416 e. The molecule has 14 heavy (non-hydrogen) atoms. The first-order valence-corrected chi connectivity index (χ1v) is 4.45. The highest BCUT2D eigenvalue weighted by Gasteiger charge is 2.50. The molecule has 0 spiro atoms. The van der Waals surface area contributed by atoms with Crippen LogP contribution in [-0.2, 0) is 10.2 Å². The second kappa shape index (κ2) is 2.73. The number of aryl methyl sites for hydroxylation is 1. The normalized spacial score (nSPS) is 18.1. The zero-order valence-electron chi connectivity index (χ0n) is 7.79. The van der Waals surface area contributed by atoms with Crippen molar-refractivity contribution in [3.63, 3.8) is 0 Å². The van der Waals surface area contributed by atoms with Crippen molar-refractivity contribution in [2.45, 2.75) is 31.6 Å². The molecule has 2 N–H and O–H groups in total. The van der Waals surface area contributed by atoms with Crippen LogP contribution < -0.4 is 5.76 Å². The van der Waals surface area contributed by atoms with Crippen molar-refractivity contribution < 1.29 is 14.3 Å². The molecule has 0 aliphatic heterocycles. The first-order valence-electron chi connectivity index (χ1n) is 4.45. The topological polar surface area (TPSA) is 83.3 Å².